The maximum absolute atomic E-state index is 3.80. The van der Waals surface area contributed by atoms with Gasteiger partial charge in [0, 0.05) is 13.6 Å². The highest BCUT2D eigenvalue weighted by Crippen LogP contribution is 1.62. The molecule has 1 heteroatoms. The second-order valence-electron chi connectivity index (χ2n) is 0.907. The predicted molar refractivity (Wildman–Crippen MR) is 22.9 cm³/mol. The number of nitrogens with zero attached hydrogens (tertiary/aromatic N) is 1. The molecule has 0 fully saturated rings. The molecule has 0 unspecified atom stereocenters. The highest BCUT2D eigenvalue weighted by molar-refractivity contribution is 4.54. The van der Waals surface area contributed by atoms with Gasteiger partial charge in [-0.2, -0.15) is 0 Å². The van der Waals surface area contributed by atoms with Gasteiger partial charge in [-0.1, -0.05) is 6.92 Å². The molecule has 0 aliphatic rings. The van der Waals surface area contributed by atoms with E-state index < -0.39 is 0 Å². The number of hydrogen-bond donors (Lipinski definition) is 0. The molecule has 0 aromatic rings. The molecular weight excluding hydrogens is 62.1 g/mol. The highest BCUT2D eigenvalue weighted by Gasteiger charge is 1.67. The minimum atomic E-state index is 0.889. The van der Waals surface area contributed by atoms with Gasteiger partial charge >= 0.3 is 0 Å². The van der Waals surface area contributed by atoms with Gasteiger partial charge in [-0.3, -0.25) is 0 Å². The van der Waals surface area contributed by atoms with Gasteiger partial charge in [0.05, 0.1) is 0 Å². The average molecular weight is 71.1 g/mol. The van der Waals surface area contributed by atoms with Gasteiger partial charge < -0.3 is 0 Å². The van der Waals surface area contributed by atoms with E-state index in [1.165, 1.54) is 0 Å². The van der Waals surface area contributed by atoms with Crippen LogP contribution in [0.1, 0.15) is 6.92 Å². The molecule has 30 valence electrons. The first-order chi connectivity index (χ1) is 2.41. The molecule has 0 bridgehead atoms. The summed E-state index contributed by atoms with van der Waals surface area (Å²) in [5.41, 5.74) is 0. The summed E-state index contributed by atoms with van der Waals surface area (Å²) in [5.74, 6) is 0. The van der Waals surface area contributed by atoms with Crippen LogP contribution in [-0.2, 0) is 0 Å². The van der Waals surface area contributed by atoms with E-state index in [4.69, 9.17) is 0 Å². The largest absolute Gasteiger partial charge is 0.245 e. The molecule has 0 aliphatic heterocycles. The molecule has 0 atom stereocenters. The zero-order chi connectivity index (χ0) is 4.12. The Balaban J connectivity index is 2.19. The molecule has 0 saturated heterocycles. The molecule has 2 radical (unpaired) electrons. The van der Waals surface area contributed by atoms with E-state index in [9.17, 15) is 0 Å². The topological polar surface area (TPSA) is 14.1 Å². The Labute approximate surface area is 33.4 Å². The first-order valence-corrected chi connectivity index (χ1v) is 1.75. The molecule has 0 amide bonds. The quantitative estimate of drug-likeness (QED) is 0.448. The first kappa shape index (κ1) is 4.96. The molecule has 0 N–H and O–H groups in total. The smallest absolute Gasteiger partial charge is 0.0158 e. The number of hydrogen-bond acceptors (Lipinski definition) is 0. The van der Waals surface area contributed by atoms with Crippen LogP contribution in [0.25, 0.3) is 0 Å². The Kier molecular flexibility index (Phi) is 3.93. The van der Waals surface area contributed by atoms with Gasteiger partial charge in [0.25, 0.3) is 0 Å². The summed E-state index contributed by atoms with van der Waals surface area (Å²) in [5, 5.41) is 3.80. The van der Waals surface area contributed by atoms with E-state index in [2.05, 4.69) is 5.32 Å². The van der Waals surface area contributed by atoms with Crippen LogP contribution in [0.4, 0.5) is 0 Å². The van der Waals surface area contributed by atoms with Crippen molar-refractivity contribution in [3.8, 4) is 0 Å². The van der Waals surface area contributed by atoms with Crippen molar-refractivity contribution in [2.24, 2.45) is 0 Å². The molecule has 0 aromatic heterocycles. The maximum atomic E-state index is 3.80. The van der Waals surface area contributed by atoms with Crippen molar-refractivity contribution in [3.05, 3.63) is 6.42 Å². The lowest BCUT2D eigenvalue weighted by atomic mass is 10.5. The highest BCUT2D eigenvalue weighted by atomic mass is 14.8. The van der Waals surface area contributed by atoms with Crippen LogP contribution in [0.3, 0.4) is 0 Å². The lowest BCUT2D eigenvalue weighted by Crippen LogP contribution is -1.95. The van der Waals surface area contributed by atoms with E-state index in [0.717, 1.165) is 6.54 Å². The SMILES string of the molecule is C[CH]C[N]C. The van der Waals surface area contributed by atoms with E-state index in [1.54, 1.807) is 7.05 Å². The molecule has 0 saturated carbocycles. The van der Waals surface area contributed by atoms with Gasteiger partial charge in [-0.25, -0.2) is 5.32 Å². The van der Waals surface area contributed by atoms with Gasteiger partial charge in [-0.05, 0) is 6.42 Å². The summed E-state index contributed by atoms with van der Waals surface area (Å²) in [6.45, 7) is 2.88. The van der Waals surface area contributed by atoms with E-state index in [0.29, 0.717) is 0 Å². The van der Waals surface area contributed by atoms with Crippen LogP contribution in [0.5, 0.6) is 0 Å². The summed E-state index contributed by atoms with van der Waals surface area (Å²) in [4.78, 5) is 0. The lowest BCUT2D eigenvalue weighted by molar-refractivity contribution is 0.858. The fourth-order valence-electron chi connectivity index (χ4n) is 0.183. The van der Waals surface area contributed by atoms with Crippen molar-refractivity contribution in [2.75, 3.05) is 13.6 Å². The molecule has 0 rings (SSSR count). The summed E-state index contributed by atoms with van der Waals surface area (Å²) in [6.07, 6.45) is 2.01. The minimum absolute atomic E-state index is 0.889. The van der Waals surface area contributed by atoms with Gasteiger partial charge in [-0.15, -0.1) is 0 Å². The van der Waals surface area contributed by atoms with Gasteiger partial charge in [0.2, 0.25) is 0 Å². The summed E-state index contributed by atoms with van der Waals surface area (Å²) in [6, 6.07) is 0. The van der Waals surface area contributed by atoms with E-state index >= 15 is 0 Å². The predicted octanol–water partition coefficient (Wildman–Crippen LogP) is 0.445. The zero-order valence-corrected chi connectivity index (χ0v) is 3.73. The van der Waals surface area contributed by atoms with Crippen molar-refractivity contribution in [3.63, 3.8) is 0 Å². The molecule has 5 heavy (non-hydrogen) atoms. The van der Waals surface area contributed by atoms with Crippen molar-refractivity contribution < 1.29 is 0 Å². The fourth-order valence-corrected chi connectivity index (χ4v) is 0.183. The maximum Gasteiger partial charge on any atom is 0.0158 e. The zero-order valence-electron chi connectivity index (χ0n) is 3.73. The fraction of sp³-hybridized carbons (Fsp3) is 0.750. The second-order valence-corrected chi connectivity index (χ2v) is 0.907. The van der Waals surface area contributed by atoms with Crippen molar-refractivity contribution in [1.29, 1.82) is 0 Å². The van der Waals surface area contributed by atoms with E-state index in [-0.39, 0.29) is 0 Å². The Morgan fingerprint density at radius 3 is 2.40 bits per heavy atom. The first-order valence-electron chi connectivity index (χ1n) is 1.75. The Morgan fingerprint density at radius 2 is 2.40 bits per heavy atom. The Hall–Kier alpha value is -0.0400. The normalized spacial score (nSPS) is 8.40. The van der Waals surface area contributed by atoms with Gasteiger partial charge in [0.1, 0.15) is 0 Å². The molecular formula is C4H9N. The molecule has 1 nitrogen and oxygen atoms in total. The van der Waals surface area contributed by atoms with Crippen molar-refractivity contribution in [2.45, 2.75) is 6.92 Å². The molecule has 0 aliphatic carbocycles. The standard InChI is InChI=1S/C4H9N/c1-3-4-5-2/h3H,4H2,1-2H3. The van der Waals surface area contributed by atoms with Crippen LogP contribution in [0.2, 0.25) is 0 Å². The van der Waals surface area contributed by atoms with Crippen molar-refractivity contribution >= 4 is 0 Å². The van der Waals surface area contributed by atoms with Crippen LogP contribution in [-0.4, -0.2) is 13.6 Å². The lowest BCUT2D eigenvalue weighted by Gasteiger charge is -1.80. The number of rotatable bonds is 2. The second kappa shape index (κ2) is 3.96. The summed E-state index contributed by atoms with van der Waals surface area (Å²) >= 11 is 0. The van der Waals surface area contributed by atoms with Gasteiger partial charge in [0.15, 0.2) is 0 Å². The van der Waals surface area contributed by atoms with E-state index in [1.807, 2.05) is 13.3 Å². The monoisotopic (exact) mass is 71.1 g/mol. The van der Waals surface area contributed by atoms with Crippen LogP contribution in [0, 0.1) is 6.42 Å². The van der Waals surface area contributed by atoms with Crippen LogP contribution in [0.15, 0.2) is 0 Å². The third-order valence-corrected chi connectivity index (χ3v) is 0.365. The minimum Gasteiger partial charge on any atom is -0.245 e. The molecule has 0 aromatic carbocycles. The van der Waals surface area contributed by atoms with Crippen LogP contribution < -0.4 is 5.32 Å². The third-order valence-electron chi connectivity index (χ3n) is 0.365. The summed E-state index contributed by atoms with van der Waals surface area (Å²) < 4.78 is 0. The molecule has 0 heterocycles. The Bertz CT molecular complexity index is 11.1. The van der Waals surface area contributed by atoms with Crippen molar-refractivity contribution in [1.82, 2.24) is 5.32 Å². The van der Waals surface area contributed by atoms with Crippen LogP contribution >= 0.6 is 0 Å². The summed E-state index contributed by atoms with van der Waals surface area (Å²) in [7, 11) is 1.81. The third kappa shape index (κ3) is 3.96. The molecule has 0 spiro atoms. The Morgan fingerprint density at radius 1 is 1.80 bits per heavy atom. The average Bonchev–Trinajstić information content (AvgIpc) is 1.41.